The Balaban J connectivity index is 1.48. The third-order valence-electron chi connectivity index (χ3n) is 4.90. The van der Waals surface area contributed by atoms with Gasteiger partial charge in [-0.25, -0.2) is 0 Å². The van der Waals surface area contributed by atoms with Gasteiger partial charge in [0.05, 0.1) is 11.6 Å². The molecule has 2 aromatic carbocycles. The summed E-state index contributed by atoms with van der Waals surface area (Å²) in [7, 11) is 0. The maximum Gasteiger partial charge on any atom is 0.257 e. The van der Waals surface area contributed by atoms with Crippen LogP contribution < -0.4 is 0 Å². The molecule has 0 N–H and O–H groups in total. The lowest BCUT2D eigenvalue weighted by molar-refractivity contribution is -0.128. The van der Waals surface area contributed by atoms with Crippen LogP contribution in [0, 0.1) is 18.3 Å². The molecule has 27 heavy (non-hydrogen) atoms. The number of amides is 1. The van der Waals surface area contributed by atoms with E-state index in [9.17, 15) is 4.79 Å². The van der Waals surface area contributed by atoms with Crippen molar-refractivity contribution in [1.82, 2.24) is 15.0 Å². The zero-order chi connectivity index (χ0) is 18.8. The Morgan fingerprint density at radius 3 is 2.74 bits per heavy atom. The van der Waals surface area contributed by atoms with Crippen molar-refractivity contribution < 1.29 is 9.32 Å². The lowest BCUT2D eigenvalue weighted by Crippen LogP contribution is -2.24. The van der Waals surface area contributed by atoms with Crippen molar-refractivity contribution >= 4 is 5.91 Å². The minimum Gasteiger partial charge on any atom is -0.338 e. The van der Waals surface area contributed by atoms with E-state index >= 15 is 0 Å². The van der Waals surface area contributed by atoms with Crippen LogP contribution >= 0.6 is 0 Å². The van der Waals surface area contributed by atoms with Crippen molar-refractivity contribution in [2.45, 2.75) is 25.8 Å². The summed E-state index contributed by atoms with van der Waals surface area (Å²) >= 11 is 0. The summed E-state index contributed by atoms with van der Waals surface area (Å²) in [5.74, 6) is 0.986. The first kappa shape index (κ1) is 17.0. The van der Waals surface area contributed by atoms with Crippen LogP contribution in [0.25, 0.3) is 11.5 Å². The van der Waals surface area contributed by atoms with E-state index < -0.39 is 0 Å². The molecule has 1 atom stereocenters. The first-order valence-corrected chi connectivity index (χ1v) is 8.80. The molecule has 1 unspecified atom stereocenters. The van der Waals surface area contributed by atoms with Crippen molar-refractivity contribution in [2.75, 3.05) is 6.54 Å². The highest BCUT2D eigenvalue weighted by molar-refractivity contribution is 5.79. The van der Waals surface area contributed by atoms with Gasteiger partial charge in [0.2, 0.25) is 5.91 Å². The average molecular weight is 358 g/mol. The molecule has 4 rings (SSSR count). The van der Waals surface area contributed by atoms with Crippen LogP contribution in [-0.4, -0.2) is 27.5 Å². The molecule has 0 radical (unpaired) electrons. The van der Waals surface area contributed by atoms with E-state index in [1.54, 1.807) is 24.3 Å². The topological polar surface area (TPSA) is 83.0 Å². The number of aryl methyl sites for hydroxylation is 1. The Labute approximate surface area is 157 Å². The standard InChI is InChI=1S/C21H18N4O2/c1-14-4-2-3-5-17(14)12-25-13-18(10-19(25)26)20-23-21(27-24-20)16-8-6-15(11-22)7-9-16/h2-9,18H,10,12-13H2,1H3. The first-order valence-electron chi connectivity index (χ1n) is 8.80. The van der Waals surface area contributed by atoms with Crippen molar-refractivity contribution in [3.63, 3.8) is 0 Å². The molecule has 3 aromatic rings. The number of benzene rings is 2. The van der Waals surface area contributed by atoms with Gasteiger partial charge in [-0.1, -0.05) is 29.4 Å². The van der Waals surface area contributed by atoms with Gasteiger partial charge < -0.3 is 9.42 Å². The van der Waals surface area contributed by atoms with Crippen LogP contribution in [0.15, 0.2) is 53.1 Å². The van der Waals surface area contributed by atoms with Crippen LogP contribution in [0.2, 0.25) is 0 Å². The molecule has 1 saturated heterocycles. The van der Waals surface area contributed by atoms with Gasteiger partial charge in [0.1, 0.15) is 0 Å². The lowest BCUT2D eigenvalue weighted by Gasteiger charge is -2.17. The Bertz CT molecular complexity index is 1020. The van der Waals surface area contributed by atoms with Gasteiger partial charge in [0.25, 0.3) is 5.89 Å². The number of hydrogen-bond donors (Lipinski definition) is 0. The monoisotopic (exact) mass is 358 g/mol. The number of nitrogens with zero attached hydrogens (tertiary/aromatic N) is 4. The molecule has 0 saturated carbocycles. The van der Waals surface area contributed by atoms with Crippen molar-refractivity contribution in [3.8, 4) is 17.5 Å². The van der Waals surface area contributed by atoms with Crippen LogP contribution in [-0.2, 0) is 11.3 Å². The molecule has 1 fully saturated rings. The Kier molecular flexibility index (Phi) is 4.43. The van der Waals surface area contributed by atoms with Gasteiger partial charge in [-0.15, -0.1) is 0 Å². The highest BCUT2D eigenvalue weighted by atomic mass is 16.5. The third kappa shape index (κ3) is 3.44. The number of aromatic nitrogens is 2. The molecule has 6 nitrogen and oxygen atoms in total. The lowest BCUT2D eigenvalue weighted by atomic mass is 10.1. The van der Waals surface area contributed by atoms with Crippen molar-refractivity contribution in [1.29, 1.82) is 5.26 Å². The molecule has 0 aliphatic carbocycles. The fraction of sp³-hybridized carbons (Fsp3) is 0.238. The molecule has 0 spiro atoms. The molecular formula is C21H18N4O2. The fourth-order valence-corrected chi connectivity index (χ4v) is 3.30. The van der Waals surface area contributed by atoms with Gasteiger partial charge in [-0.05, 0) is 42.3 Å². The zero-order valence-electron chi connectivity index (χ0n) is 14.9. The van der Waals surface area contributed by atoms with E-state index in [0.717, 1.165) is 11.1 Å². The molecule has 1 aliphatic rings. The third-order valence-corrected chi connectivity index (χ3v) is 4.90. The molecule has 2 heterocycles. The van der Waals surface area contributed by atoms with Gasteiger partial charge in [-0.3, -0.25) is 4.79 Å². The van der Waals surface area contributed by atoms with E-state index in [2.05, 4.69) is 29.2 Å². The predicted octanol–water partition coefficient (Wildman–Crippen LogP) is 3.43. The summed E-state index contributed by atoms with van der Waals surface area (Å²) in [5, 5.41) is 13.0. The summed E-state index contributed by atoms with van der Waals surface area (Å²) < 4.78 is 5.37. The Morgan fingerprint density at radius 1 is 1.22 bits per heavy atom. The van der Waals surface area contributed by atoms with Gasteiger partial charge in [0, 0.05) is 31.0 Å². The minimum atomic E-state index is -0.0719. The quantitative estimate of drug-likeness (QED) is 0.713. The summed E-state index contributed by atoms with van der Waals surface area (Å²) in [4.78, 5) is 18.8. The normalized spacial score (nSPS) is 16.5. The van der Waals surface area contributed by atoms with E-state index in [-0.39, 0.29) is 11.8 Å². The molecule has 0 bridgehead atoms. The van der Waals surface area contributed by atoms with Gasteiger partial charge >= 0.3 is 0 Å². The second-order valence-electron chi connectivity index (χ2n) is 6.75. The first-order chi connectivity index (χ1) is 13.1. The van der Waals surface area contributed by atoms with E-state index in [1.807, 2.05) is 23.1 Å². The van der Waals surface area contributed by atoms with Crippen molar-refractivity contribution in [3.05, 3.63) is 71.0 Å². The van der Waals surface area contributed by atoms with Crippen LogP contribution in [0.3, 0.4) is 0 Å². The summed E-state index contributed by atoms with van der Waals surface area (Å²) in [5.41, 5.74) is 3.66. The number of carbonyl (C=O) groups excluding carboxylic acids is 1. The zero-order valence-corrected chi connectivity index (χ0v) is 14.9. The molecule has 1 aliphatic heterocycles. The largest absolute Gasteiger partial charge is 0.338 e. The Morgan fingerprint density at radius 2 is 2.00 bits per heavy atom. The fourth-order valence-electron chi connectivity index (χ4n) is 3.30. The van der Waals surface area contributed by atoms with Crippen molar-refractivity contribution in [2.24, 2.45) is 0 Å². The second kappa shape index (κ2) is 7.04. The van der Waals surface area contributed by atoms with E-state index in [0.29, 0.717) is 36.8 Å². The average Bonchev–Trinajstić information content (AvgIpc) is 3.31. The van der Waals surface area contributed by atoms with E-state index in [4.69, 9.17) is 9.78 Å². The van der Waals surface area contributed by atoms with E-state index in [1.165, 1.54) is 5.56 Å². The highest BCUT2D eigenvalue weighted by Gasteiger charge is 2.33. The van der Waals surface area contributed by atoms with Crippen LogP contribution in [0.4, 0.5) is 0 Å². The number of hydrogen-bond acceptors (Lipinski definition) is 5. The molecule has 1 aromatic heterocycles. The molecule has 134 valence electrons. The maximum atomic E-state index is 12.4. The molecule has 1 amide bonds. The highest BCUT2D eigenvalue weighted by Crippen LogP contribution is 2.29. The number of likely N-dealkylation sites (tertiary alicyclic amines) is 1. The summed E-state index contributed by atoms with van der Waals surface area (Å²) in [6.07, 6.45) is 0.387. The number of rotatable bonds is 4. The summed E-state index contributed by atoms with van der Waals surface area (Å²) in [6.45, 7) is 3.23. The maximum absolute atomic E-state index is 12.4. The minimum absolute atomic E-state index is 0.0719. The number of nitriles is 1. The smallest absolute Gasteiger partial charge is 0.257 e. The predicted molar refractivity (Wildman–Crippen MR) is 98.4 cm³/mol. The van der Waals surface area contributed by atoms with Crippen LogP contribution in [0.5, 0.6) is 0 Å². The number of carbonyl (C=O) groups is 1. The van der Waals surface area contributed by atoms with Gasteiger partial charge in [-0.2, -0.15) is 10.2 Å². The SMILES string of the molecule is Cc1ccccc1CN1CC(c2noc(-c3ccc(C#N)cc3)n2)CC1=O. The Hall–Kier alpha value is -3.46. The molecule has 6 heteroatoms. The summed E-state index contributed by atoms with van der Waals surface area (Å²) in [6, 6.07) is 17.1. The molecular weight excluding hydrogens is 340 g/mol. The van der Waals surface area contributed by atoms with Crippen LogP contribution in [0.1, 0.15) is 34.9 Å². The van der Waals surface area contributed by atoms with Gasteiger partial charge in [0.15, 0.2) is 5.82 Å². The second-order valence-corrected chi connectivity index (χ2v) is 6.75.